The number of hydrogen-bond acceptors (Lipinski definition) is 3. The molecule has 0 radical (unpaired) electrons. The van der Waals surface area contributed by atoms with Crippen molar-refractivity contribution < 1.29 is 13.9 Å². The van der Waals surface area contributed by atoms with E-state index in [9.17, 15) is 9.18 Å². The Kier molecular flexibility index (Phi) is 5.90. The number of methoxy groups -OCH3 is 1. The predicted octanol–water partition coefficient (Wildman–Crippen LogP) is 3.19. The Balaban J connectivity index is 0.000000956. The van der Waals surface area contributed by atoms with Crippen molar-refractivity contribution in [3.05, 3.63) is 53.4 Å². The molecule has 0 aliphatic heterocycles. The van der Waals surface area contributed by atoms with Crippen LogP contribution in [-0.4, -0.2) is 22.6 Å². The number of halogens is 1. The van der Waals surface area contributed by atoms with Gasteiger partial charge in [-0.15, -0.1) is 0 Å². The highest BCUT2D eigenvalue weighted by molar-refractivity contribution is 5.88. The first-order valence-electron chi connectivity index (χ1n) is 6.45. The summed E-state index contributed by atoms with van der Waals surface area (Å²) in [7, 11) is 1.33. The number of rotatable bonds is 3. The quantitative estimate of drug-likeness (QED) is 0.639. The molecule has 0 amide bonds. The fraction of sp³-hybridized carbons (Fsp3) is 0.333. The normalized spacial score (nSPS) is 9.65. The summed E-state index contributed by atoms with van der Waals surface area (Å²) in [4.78, 5) is 15.1. The Bertz CT molecular complexity index is 579. The lowest BCUT2D eigenvalue weighted by Crippen LogP contribution is -2.10. The number of nitrogens with zero attached hydrogens (tertiary/aromatic N) is 2. The van der Waals surface area contributed by atoms with Gasteiger partial charge in [-0.2, -0.15) is 4.39 Å². The topological polar surface area (TPSA) is 44.1 Å². The minimum Gasteiger partial charge on any atom is -0.464 e. The van der Waals surface area contributed by atoms with Gasteiger partial charge < -0.3 is 9.30 Å². The lowest BCUT2D eigenvalue weighted by atomic mass is 10.2. The van der Waals surface area contributed by atoms with E-state index in [1.165, 1.54) is 19.4 Å². The summed E-state index contributed by atoms with van der Waals surface area (Å²) in [6.07, 6.45) is 3.23. The van der Waals surface area contributed by atoms with E-state index in [4.69, 9.17) is 4.74 Å². The lowest BCUT2D eigenvalue weighted by molar-refractivity contribution is 0.0589. The van der Waals surface area contributed by atoms with Gasteiger partial charge in [0.25, 0.3) is 0 Å². The molecule has 0 saturated carbocycles. The van der Waals surface area contributed by atoms with Crippen LogP contribution < -0.4 is 0 Å². The van der Waals surface area contributed by atoms with Crippen molar-refractivity contribution in [1.82, 2.24) is 9.55 Å². The van der Waals surface area contributed by atoms with Crippen molar-refractivity contribution in [3.8, 4) is 0 Å². The van der Waals surface area contributed by atoms with Crippen LogP contribution in [0.3, 0.4) is 0 Å². The molecule has 0 unspecified atom stereocenters. The Morgan fingerprint density at radius 3 is 2.70 bits per heavy atom. The fourth-order valence-corrected chi connectivity index (χ4v) is 1.80. The van der Waals surface area contributed by atoms with E-state index in [-0.39, 0.29) is 0 Å². The molecule has 20 heavy (non-hydrogen) atoms. The molecule has 2 aromatic heterocycles. The second kappa shape index (κ2) is 7.43. The summed E-state index contributed by atoms with van der Waals surface area (Å²) in [6.45, 7) is 6.29. The van der Waals surface area contributed by atoms with Gasteiger partial charge in [0, 0.05) is 18.9 Å². The maximum atomic E-state index is 13.0. The molecule has 5 heteroatoms. The van der Waals surface area contributed by atoms with Gasteiger partial charge >= 0.3 is 5.97 Å². The zero-order valence-electron chi connectivity index (χ0n) is 12.2. The standard InChI is InChI=1S/C13H13FN2O2.C2H6/c1-9-5-11(13(17)18-2)16(7-9)8-10-3-4-15-12(14)6-10;1-2/h3-7H,8H2,1-2H3;1-2H3. The molecule has 0 atom stereocenters. The number of aromatic nitrogens is 2. The van der Waals surface area contributed by atoms with Gasteiger partial charge in [-0.3, -0.25) is 0 Å². The number of carbonyl (C=O) groups is 1. The summed E-state index contributed by atoms with van der Waals surface area (Å²) in [5.74, 6) is -0.936. The van der Waals surface area contributed by atoms with Crippen LogP contribution >= 0.6 is 0 Å². The molecule has 0 N–H and O–H groups in total. The molecule has 2 aromatic rings. The smallest absolute Gasteiger partial charge is 0.354 e. The third-order valence-electron chi connectivity index (χ3n) is 2.57. The van der Waals surface area contributed by atoms with Crippen LogP contribution in [0.2, 0.25) is 0 Å². The van der Waals surface area contributed by atoms with Crippen LogP contribution in [0.4, 0.5) is 4.39 Å². The van der Waals surface area contributed by atoms with E-state index in [2.05, 4.69) is 4.98 Å². The molecule has 108 valence electrons. The summed E-state index contributed by atoms with van der Waals surface area (Å²) >= 11 is 0. The van der Waals surface area contributed by atoms with E-state index < -0.39 is 11.9 Å². The molecule has 2 heterocycles. The molecule has 0 spiro atoms. The van der Waals surface area contributed by atoms with Crippen LogP contribution in [0.1, 0.15) is 35.5 Å². The summed E-state index contributed by atoms with van der Waals surface area (Å²) in [5, 5.41) is 0. The molecule has 0 aliphatic rings. The van der Waals surface area contributed by atoms with E-state index in [1.54, 1.807) is 16.7 Å². The van der Waals surface area contributed by atoms with Crippen molar-refractivity contribution in [2.24, 2.45) is 0 Å². The van der Waals surface area contributed by atoms with Gasteiger partial charge in [0.2, 0.25) is 5.95 Å². The fourth-order valence-electron chi connectivity index (χ4n) is 1.80. The van der Waals surface area contributed by atoms with Gasteiger partial charge in [-0.05, 0) is 36.2 Å². The second-order valence-electron chi connectivity index (χ2n) is 4.01. The van der Waals surface area contributed by atoms with Crippen molar-refractivity contribution >= 4 is 5.97 Å². The van der Waals surface area contributed by atoms with Crippen molar-refractivity contribution in [1.29, 1.82) is 0 Å². The van der Waals surface area contributed by atoms with Crippen LogP contribution in [0.15, 0.2) is 30.6 Å². The van der Waals surface area contributed by atoms with Crippen LogP contribution in [0, 0.1) is 12.9 Å². The SMILES string of the molecule is CC.COC(=O)c1cc(C)cn1Cc1ccnc(F)c1. The van der Waals surface area contributed by atoms with Gasteiger partial charge in [-0.25, -0.2) is 9.78 Å². The van der Waals surface area contributed by atoms with Gasteiger partial charge in [-0.1, -0.05) is 13.8 Å². The highest BCUT2D eigenvalue weighted by Crippen LogP contribution is 2.12. The molecule has 2 rings (SSSR count). The van der Waals surface area contributed by atoms with E-state index in [1.807, 2.05) is 27.0 Å². The Morgan fingerprint density at radius 1 is 1.40 bits per heavy atom. The molecule has 0 bridgehead atoms. The van der Waals surface area contributed by atoms with Gasteiger partial charge in [0.1, 0.15) is 5.69 Å². The van der Waals surface area contributed by atoms with Crippen molar-refractivity contribution in [2.45, 2.75) is 27.3 Å². The Morgan fingerprint density at radius 2 is 2.10 bits per heavy atom. The van der Waals surface area contributed by atoms with Crippen LogP contribution in [0.5, 0.6) is 0 Å². The number of aryl methyl sites for hydroxylation is 1. The average molecular weight is 278 g/mol. The monoisotopic (exact) mass is 278 g/mol. The minimum atomic E-state index is -0.531. The molecule has 0 fully saturated rings. The first-order chi connectivity index (χ1) is 9.60. The summed E-state index contributed by atoms with van der Waals surface area (Å²) in [6, 6.07) is 4.79. The first-order valence-corrected chi connectivity index (χ1v) is 6.45. The van der Waals surface area contributed by atoms with E-state index in [0.29, 0.717) is 12.2 Å². The zero-order chi connectivity index (χ0) is 15.1. The maximum Gasteiger partial charge on any atom is 0.354 e. The zero-order valence-corrected chi connectivity index (χ0v) is 12.2. The molecule has 4 nitrogen and oxygen atoms in total. The lowest BCUT2D eigenvalue weighted by Gasteiger charge is -2.07. The molecule has 0 saturated heterocycles. The Labute approximate surface area is 118 Å². The average Bonchev–Trinajstić information content (AvgIpc) is 2.81. The van der Waals surface area contributed by atoms with Gasteiger partial charge in [0.05, 0.1) is 7.11 Å². The predicted molar refractivity (Wildman–Crippen MR) is 75.2 cm³/mol. The largest absolute Gasteiger partial charge is 0.464 e. The number of ether oxygens (including phenoxy) is 1. The number of carbonyl (C=O) groups excluding carboxylic acids is 1. The third kappa shape index (κ3) is 3.91. The Hall–Kier alpha value is -2.17. The molecule has 0 aliphatic carbocycles. The third-order valence-corrected chi connectivity index (χ3v) is 2.57. The second-order valence-corrected chi connectivity index (χ2v) is 4.01. The van der Waals surface area contributed by atoms with Crippen molar-refractivity contribution in [2.75, 3.05) is 7.11 Å². The molecular weight excluding hydrogens is 259 g/mol. The van der Waals surface area contributed by atoms with Crippen molar-refractivity contribution in [3.63, 3.8) is 0 Å². The highest BCUT2D eigenvalue weighted by Gasteiger charge is 2.13. The van der Waals surface area contributed by atoms with E-state index >= 15 is 0 Å². The van der Waals surface area contributed by atoms with Gasteiger partial charge in [0.15, 0.2) is 0 Å². The maximum absolute atomic E-state index is 13.0. The minimum absolute atomic E-state index is 0.401. The summed E-state index contributed by atoms with van der Waals surface area (Å²) in [5.41, 5.74) is 2.14. The number of esters is 1. The first kappa shape index (κ1) is 15.9. The molecule has 0 aromatic carbocycles. The van der Waals surface area contributed by atoms with Crippen LogP contribution in [-0.2, 0) is 11.3 Å². The highest BCUT2D eigenvalue weighted by atomic mass is 19.1. The summed E-state index contributed by atoms with van der Waals surface area (Å²) < 4.78 is 19.4. The van der Waals surface area contributed by atoms with E-state index in [0.717, 1.165) is 11.1 Å². The molecular formula is C15H19FN2O2. The van der Waals surface area contributed by atoms with Crippen LogP contribution in [0.25, 0.3) is 0 Å². The number of pyridine rings is 1. The number of hydrogen-bond donors (Lipinski definition) is 0.